The molecule has 3 N–H and O–H groups in total. The number of aryl methyl sites for hydroxylation is 2. The summed E-state index contributed by atoms with van der Waals surface area (Å²) in [7, 11) is 4.04. The normalized spacial score (nSPS) is 21.3. The first-order valence-corrected chi connectivity index (χ1v) is 20.7. The molecule has 0 bridgehead atoms. The Labute approximate surface area is 338 Å². The van der Waals surface area contributed by atoms with Crippen LogP contribution >= 0.6 is 0 Å². The number of carbonyl (C=O) groups excluding carboxylic acids is 3. The van der Waals surface area contributed by atoms with Gasteiger partial charge in [-0.25, -0.2) is 9.78 Å². The SMILES string of the molecule is Cc1cccc(C(=O)Nc2cc3cn(C4CCC(CN(C)C5CCN(Cc6cccc7c6n(C)c(=O)n7C6CCC(=O)NC6=O)CC5)CC4)nc3cc2C(C)(C)O)n1. The average molecular weight is 790 g/mol. The number of imidazole rings is 1. The second-order valence-corrected chi connectivity index (χ2v) is 17.3. The molecule has 0 spiro atoms. The molecule has 2 saturated heterocycles. The van der Waals surface area contributed by atoms with Crippen LogP contribution in [0.15, 0.2) is 59.5 Å². The molecule has 3 aliphatic rings. The van der Waals surface area contributed by atoms with Gasteiger partial charge in [-0.15, -0.1) is 0 Å². The molecular formula is C44H55N9O5. The lowest BCUT2D eigenvalue weighted by molar-refractivity contribution is -0.135. The highest BCUT2D eigenvalue weighted by molar-refractivity contribution is 6.04. The first-order chi connectivity index (χ1) is 27.7. The van der Waals surface area contributed by atoms with Crippen molar-refractivity contribution in [1.82, 2.24) is 39.0 Å². The summed E-state index contributed by atoms with van der Waals surface area (Å²) in [5.74, 6) is -0.411. The highest BCUT2D eigenvalue weighted by Crippen LogP contribution is 2.37. The molecule has 306 valence electrons. The molecule has 5 aromatic rings. The van der Waals surface area contributed by atoms with Crippen molar-refractivity contribution in [2.45, 2.75) is 102 Å². The highest BCUT2D eigenvalue weighted by Gasteiger charge is 2.33. The maximum atomic E-state index is 13.4. The molecule has 1 aliphatic carbocycles. The molecule has 1 saturated carbocycles. The number of nitrogens with zero attached hydrogens (tertiary/aromatic N) is 7. The van der Waals surface area contributed by atoms with Crippen molar-refractivity contribution in [3.8, 4) is 0 Å². The molecular weight excluding hydrogens is 735 g/mol. The lowest BCUT2D eigenvalue weighted by atomic mass is 9.85. The van der Waals surface area contributed by atoms with Gasteiger partial charge in [0.25, 0.3) is 5.91 Å². The Balaban J connectivity index is 0.858. The quantitative estimate of drug-likeness (QED) is 0.162. The van der Waals surface area contributed by atoms with Crippen LogP contribution in [0.1, 0.15) is 105 Å². The van der Waals surface area contributed by atoms with Gasteiger partial charge in [0.1, 0.15) is 11.7 Å². The van der Waals surface area contributed by atoms with Crippen LogP contribution in [0.5, 0.6) is 0 Å². The van der Waals surface area contributed by atoms with E-state index in [0.717, 1.165) is 97.9 Å². The first-order valence-electron chi connectivity index (χ1n) is 20.7. The van der Waals surface area contributed by atoms with Gasteiger partial charge in [0.05, 0.1) is 28.2 Å². The second kappa shape index (κ2) is 15.9. The predicted octanol–water partition coefficient (Wildman–Crippen LogP) is 5.18. The van der Waals surface area contributed by atoms with E-state index in [1.165, 1.54) is 0 Å². The molecule has 3 amide bonds. The zero-order valence-electron chi connectivity index (χ0n) is 34.2. The smallest absolute Gasteiger partial charge is 0.329 e. The summed E-state index contributed by atoms with van der Waals surface area (Å²) in [4.78, 5) is 60.4. The van der Waals surface area contributed by atoms with Gasteiger partial charge < -0.3 is 15.3 Å². The number of carbonyl (C=O) groups is 3. The number of pyridine rings is 1. The maximum absolute atomic E-state index is 13.4. The third kappa shape index (κ3) is 7.97. The Kier molecular flexibility index (Phi) is 10.8. The fourth-order valence-corrected chi connectivity index (χ4v) is 9.53. The van der Waals surface area contributed by atoms with Gasteiger partial charge in [0.2, 0.25) is 11.8 Å². The Morgan fingerprint density at radius 1 is 1.00 bits per heavy atom. The van der Waals surface area contributed by atoms with Gasteiger partial charge in [-0.05, 0) is 128 Å². The summed E-state index contributed by atoms with van der Waals surface area (Å²) in [6, 6.07) is 15.2. The zero-order valence-corrected chi connectivity index (χ0v) is 34.2. The Bertz CT molecular complexity index is 2420. The van der Waals surface area contributed by atoms with Gasteiger partial charge in [-0.3, -0.25) is 38.4 Å². The summed E-state index contributed by atoms with van der Waals surface area (Å²) in [6.45, 7) is 9.02. The van der Waals surface area contributed by atoms with Crippen molar-refractivity contribution >= 4 is 45.3 Å². The van der Waals surface area contributed by atoms with Gasteiger partial charge in [0, 0.05) is 61.1 Å². The minimum atomic E-state index is -1.19. The highest BCUT2D eigenvalue weighted by atomic mass is 16.3. The van der Waals surface area contributed by atoms with Gasteiger partial charge in [0.15, 0.2) is 0 Å². The van der Waals surface area contributed by atoms with Crippen LogP contribution in [0.4, 0.5) is 5.69 Å². The van der Waals surface area contributed by atoms with E-state index in [1.54, 1.807) is 36.1 Å². The lowest BCUT2D eigenvalue weighted by Crippen LogP contribution is -2.44. The molecule has 58 heavy (non-hydrogen) atoms. The third-order valence-electron chi connectivity index (χ3n) is 12.7. The molecule has 3 fully saturated rings. The largest absolute Gasteiger partial charge is 0.386 e. The van der Waals surface area contributed by atoms with Crippen molar-refractivity contribution in [3.63, 3.8) is 0 Å². The van der Waals surface area contributed by atoms with Crippen LogP contribution in [-0.4, -0.2) is 89.3 Å². The molecule has 3 aromatic heterocycles. The Hall–Kier alpha value is -5.18. The number of aliphatic hydroxyl groups is 1. The van der Waals surface area contributed by atoms with Crippen LogP contribution in [0.3, 0.4) is 0 Å². The number of hydrogen-bond acceptors (Lipinski definition) is 9. The summed E-state index contributed by atoms with van der Waals surface area (Å²) in [6.07, 6.45) is 9.12. The van der Waals surface area contributed by atoms with Gasteiger partial charge >= 0.3 is 5.69 Å². The number of rotatable bonds is 10. The molecule has 1 unspecified atom stereocenters. The number of imide groups is 1. The number of para-hydroxylation sites is 1. The number of nitrogens with one attached hydrogen (secondary N) is 2. The molecule has 14 nitrogen and oxygen atoms in total. The van der Waals surface area contributed by atoms with Crippen molar-refractivity contribution < 1.29 is 19.5 Å². The van der Waals surface area contributed by atoms with E-state index < -0.39 is 17.6 Å². The number of benzene rings is 2. The minimum absolute atomic E-state index is 0.220. The van der Waals surface area contributed by atoms with Crippen LogP contribution < -0.4 is 16.3 Å². The van der Waals surface area contributed by atoms with E-state index in [4.69, 9.17) is 5.10 Å². The van der Waals surface area contributed by atoms with Crippen LogP contribution in [0.2, 0.25) is 0 Å². The van der Waals surface area contributed by atoms with Crippen LogP contribution in [0.25, 0.3) is 21.9 Å². The second-order valence-electron chi connectivity index (χ2n) is 17.3. The van der Waals surface area contributed by atoms with Crippen molar-refractivity contribution in [3.05, 3.63) is 87.7 Å². The van der Waals surface area contributed by atoms with Crippen LogP contribution in [0, 0.1) is 12.8 Å². The molecule has 8 rings (SSSR count). The topological polar surface area (TPSA) is 160 Å². The number of fused-ring (bicyclic) bond motifs is 2. The Morgan fingerprint density at radius 2 is 1.74 bits per heavy atom. The van der Waals surface area contributed by atoms with Crippen molar-refractivity contribution in [1.29, 1.82) is 0 Å². The molecule has 5 heterocycles. The van der Waals surface area contributed by atoms with E-state index in [2.05, 4.69) is 49.4 Å². The molecule has 14 heteroatoms. The minimum Gasteiger partial charge on any atom is -0.386 e. The standard InChI is InChI=1S/C44H55N9O5/c1-27-8-6-10-34(45-27)41(55)46-36-22-30-26-52(48-35(30)23-33(36)44(2,3)58)32-14-12-28(13-15-32)24-49(4)31-18-20-51(21-19-31)25-29-9-7-11-37-40(29)50(5)43(57)53(37)38-16-17-39(54)47-42(38)56/h6-11,22-23,26,28,31-32,38,58H,12-21,24-25H2,1-5H3,(H,46,55)(H,47,54,56). The molecule has 1 atom stereocenters. The van der Waals surface area contributed by atoms with E-state index in [9.17, 15) is 24.3 Å². The van der Waals surface area contributed by atoms with Gasteiger partial charge in [-0.2, -0.15) is 5.10 Å². The fourth-order valence-electron chi connectivity index (χ4n) is 9.53. The number of likely N-dealkylation sites (tertiary alicyclic amines) is 1. The Morgan fingerprint density at radius 3 is 2.45 bits per heavy atom. The van der Waals surface area contributed by atoms with E-state index in [1.807, 2.05) is 43.3 Å². The average Bonchev–Trinajstić information content (AvgIpc) is 3.72. The van der Waals surface area contributed by atoms with E-state index in [-0.39, 0.29) is 23.9 Å². The summed E-state index contributed by atoms with van der Waals surface area (Å²) in [5, 5.41) is 22.3. The summed E-state index contributed by atoms with van der Waals surface area (Å²) in [5.41, 5.74) is 4.26. The number of hydrogen-bond donors (Lipinski definition) is 3. The monoisotopic (exact) mass is 789 g/mol. The third-order valence-corrected chi connectivity index (χ3v) is 12.7. The predicted molar refractivity (Wildman–Crippen MR) is 222 cm³/mol. The number of anilines is 1. The summed E-state index contributed by atoms with van der Waals surface area (Å²) >= 11 is 0. The number of aromatic nitrogens is 5. The van der Waals surface area contributed by atoms with Crippen molar-refractivity contribution in [2.24, 2.45) is 13.0 Å². The summed E-state index contributed by atoms with van der Waals surface area (Å²) < 4.78 is 5.30. The molecule has 2 aliphatic heterocycles. The molecule has 0 radical (unpaired) electrons. The zero-order chi connectivity index (χ0) is 40.9. The lowest BCUT2D eigenvalue weighted by Gasteiger charge is -2.39. The van der Waals surface area contributed by atoms with E-state index >= 15 is 0 Å². The van der Waals surface area contributed by atoms with Crippen LogP contribution in [-0.2, 0) is 28.8 Å². The van der Waals surface area contributed by atoms with Gasteiger partial charge in [-0.1, -0.05) is 18.2 Å². The van der Waals surface area contributed by atoms with Crippen molar-refractivity contribution in [2.75, 3.05) is 32.0 Å². The number of piperidine rings is 2. The first kappa shape index (κ1) is 39.6. The fraction of sp³-hybridized carbons (Fsp3) is 0.500. The molecule has 2 aromatic carbocycles. The van der Waals surface area contributed by atoms with E-state index in [0.29, 0.717) is 41.4 Å². The number of amides is 3. The maximum Gasteiger partial charge on any atom is 0.329 e.